The second-order valence-electron chi connectivity index (χ2n) is 9.09. The standard InChI is InChI=1S/C30H27ClN4O2/c31-27-20-26-28(25(21-36)32-27)29(34-16-18-37-19-17-34)33-35(26)30(22-10-4-1-5-11-22,23-12-6-2-7-13-23)24-14-8-3-9-15-24/h1-15,20,36H,16-19,21H2. The Bertz CT molecular complexity index is 1400. The summed E-state index contributed by atoms with van der Waals surface area (Å²) in [6.45, 7) is 2.40. The molecule has 186 valence electrons. The summed E-state index contributed by atoms with van der Waals surface area (Å²) in [6, 6.07) is 33.1. The van der Waals surface area contributed by atoms with Gasteiger partial charge in [-0.1, -0.05) is 103 Å². The molecule has 0 saturated carbocycles. The van der Waals surface area contributed by atoms with E-state index in [9.17, 15) is 5.11 Å². The molecule has 3 aromatic carbocycles. The van der Waals surface area contributed by atoms with Gasteiger partial charge < -0.3 is 14.7 Å². The summed E-state index contributed by atoms with van der Waals surface area (Å²) in [5, 5.41) is 16.8. The molecule has 3 heterocycles. The minimum Gasteiger partial charge on any atom is -0.390 e. The predicted molar refractivity (Wildman–Crippen MR) is 146 cm³/mol. The van der Waals surface area contributed by atoms with Gasteiger partial charge in [-0.2, -0.15) is 5.10 Å². The maximum absolute atomic E-state index is 10.3. The lowest BCUT2D eigenvalue weighted by Gasteiger charge is -2.37. The Hall–Kier alpha value is -3.71. The molecule has 7 heteroatoms. The number of halogens is 1. The summed E-state index contributed by atoms with van der Waals surface area (Å²) in [7, 11) is 0. The molecule has 1 saturated heterocycles. The highest BCUT2D eigenvalue weighted by Gasteiger charge is 2.41. The quantitative estimate of drug-likeness (QED) is 0.249. The van der Waals surface area contributed by atoms with E-state index in [0.29, 0.717) is 37.2 Å². The van der Waals surface area contributed by atoms with Gasteiger partial charge in [0.15, 0.2) is 5.82 Å². The van der Waals surface area contributed by atoms with Gasteiger partial charge in [0, 0.05) is 19.2 Å². The molecular weight excluding hydrogens is 484 g/mol. The number of rotatable bonds is 6. The van der Waals surface area contributed by atoms with E-state index >= 15 is 0 Å². The number of nitrogens with zero attached hydrogens (tertiary/aromatic N) is 4. The van der Waals surface area contributed by atoms with Gasteiger partial charge in [-0.05, 0) is 16.7 Å². The number of fused-ring (bicyclic) bond motifs is 1. The number of hydrogen-bond donors (Lipinski definition) is 1. The van der Waals surface area contributed by atoms with E-state index in [4.69, 9.17) is 21.4 Å². The van der Waals surface area contributed by atoms with Crippen LogP contribution in [-0.4, -0.2) is 46.2 Å². The van der Waals surface area contributed by atoms with Crippen molar-refractivity contribution in [3.63, 3.8) is 0 Å². The molecule has 5 aromatic rings. The zero-order valence-electron chi connectivity index (χ0n) is 20.3. The monoisotopic (exact) mass is 510 g/mol. The Morgan fingerprint density at radius 2 is 1.32 bits per heavy atom. The summed E-state index contributed by atoms with van der Waals surface area (Å²) >= 11 is 6.56. The Labute approximate surface area is 220 Å². The van der Waals surface area contributed by atoms with Crippen LogP contribution in [0.5, 0.6) is 0 Å². The third kappa shape index (κ3) is 3.98. The number of aliphatic hydroxyl groups excluding tert-OH is 1. The molecule has 6 nitrogen and oxygen atoms in total. The minimum atomic E-state index is -0.816. The van der Waals surface area contributed by atoms with Gasteiger partial charge in [0.1, 0.15) is 10.7 Å². The topological polar surface area (TPSA) is 63.4 Å². The van der Waals surface area contributed by atoms with Crippen molar-refractivity contribution in [1.82, 2.24) is 14.8 Å². The molecule has 1 aliphatic rings. The summed E-state index contributed by atoms with van der Waals surface area (Å²) in [5.41, 5.74) is 3.68. The molecule has 6 rings (SSSR count). The second kappa shape index (κ2) is 9.98. The first-order valence-electron chi connectivity index (χ1n) is 12.4. The fourth-order valence-electron chi connectivity index (χ4n) is 5.43. The molecule has 0 radical (unpaired) electrons. The van der Waals surface area contributed by atoms with E-state index in [1.165, 1.54) is 0 Å². The smallest absolute Gasteiger partial charge is 0.160 e. The Morgan fingerprint density at radius 1 is 0.811 bits per heavy atom. The summed E-state index contributed by atoms with van der Waals surface area (Å²) in [4.78, 5) is 6.70. The molecule has 0 atom stereocenters. The van der Waals surface area contributed by atoms with Crippen LogP contribution in [0.3, 0.4) is 0 Å². The second-order valence-corrected chi connectivity index (χ2v) is 9.47. The zero-order chi connectivity index (χ0) is 25.2. The Balaban J connectivity index is 1.78. The molecule has 0 aliphatic carbocycles. The van der Waals surface area contributed by atoms with Gasteiger partial charge in [0.2, 0.25) is 0 Å². The number of anilines is 1. The first-order valence-corrected chi connectivity index (χ1v) is 12.8. The molecule has 1 aliphatic heterocycles. The Morgan fingerprint density at radius 3 is 1.81 bits per heavy atom. The molecular formula is C30H27ClN4O2. The third-order valence-electron chi connectivity index (χ3n) is 7.04. The van der Waals surface area contributed by atoms with Crippen molar-refractivity contribution in [3.05, 3.63) is 125 Å². The van der Waals surface area contributed by atoms with Gasteiger partial charge in [-0.25, -0.2) is 9.67 Å². The van der Waals surface area contributed by atoms with Crippen LogP contribution >= 0.6 is 11.6 Å². The maximum Gasteiger partial charge on any atom is 0.160 e. The normalized spacial score (nSPS) is 14.3. The van der Waals surface area contributed by atoms with Crippen molar-refractivity contribution < 1.29 is 9.84 Å². The SMILES string of the molecule is OCc1nc(Cl)cc2c1c(N1CCOCC1)nn2C(c1ccccc1)(c1ccccc1)c1ccccc1. The number of morpholine rings is 1. The minimum absolute atomic E-state index is 0.241. The van der Waals surface area contributed by atoms with Gasteiger partial charge >= 0.3 is 0 Å². The fraction of sp³-hybridized carbons (Fsp3) is 0.200. The summed E-state index contributed by atoms with van der Waals surface area (Å²) in [6.07, 6.45) is 0. The number of benzene rings is 3. The van der Waals surface area contributed by atoms with Crippen LogP contribution in [0, 0.1) is 0 Å². The van der Waals surface area contributed by atoms with Crippen molar-refractivity contribution in [2.24, 2.45) is 0 Å². The van der Waals surface area contributed by atoms with Crippen LogP contribution in [0.15, 0.2) is 97.1 Å². The summed E-state index contributed by atoms with van der Waals surface area (Å²) in [5.74, 6) is 0.777. The van der Waals surface area contributed by atoms with Crippen LogP contribution in [0.4, 0.5) is 5.82 Å². The average Bonchev–Trinajstić information content (AvgIpc) is 3.35. The first kappa shape index (κ1) is 23.7. The summed E-state index contributed by atoms with van der Waals surface area (Å²) < 4.78 is 7.70. The molecule has 0 amide bonds. The maximum atomic E-state index is 10.3. The van der Waals surface area contributed by atoms with Crippen LogP contribution in [0.1, 0.15) is 22.4 Å². The van der Waals surface area contributed by atoms with E-state index < -0.39 is 5.54 Å². The Kier molecular flexibility index (Phi) is 6.38. The predicted octanol–water partition coefficient (Wildman–Crippen LogP) is 5.25. The van der Waals surface area contributed by atoms with Crippen molar-refractivity contribution in [3.8, 4) is 0 Å². The highest BCUT2D eigenvalue weighted by atomic mass is 35.5. The number of aromatic nitrogens is 3. The highest BCUT2D eigenvalue weighted by Crippen LogP contribution is 2.44. The molecule has 1 fully saturated rings. The number of pyridine rings is 1. The largest absolute Gasteiger partial charge is 0.390 e. The van der Waals surface area contributed by atoms with E-state index in [1.807, 2.05) is 24.3 Å². The molecule has 1 N–H and O–H groups in total. The molecule has 0 unspecified atom stereocenters. The third-order valence-corrected chi connectivity index (χ3v) is 7.24. The van der Waals surface area contributed by atoms with Crippen molar-refractivity contribution in [2.75, 3.05) is 31.2 Å². The van der Waals surface area contributed by atoms with Gasteiger partial charge in [0.05, 0.1) is 36.4 Å². The van der Waals surface area contributed by atoms with E-state index in [2.05, 4.69) is 87.4 Å². The molecule has 37 heavy (non-hydrogen) atoms. The lowest BCUT2D eigenvalue weighted by molar-refractivity contribution is 0.122. The lowest BCUT2D eigenvalue weighted by Crippen LogP contribution is -2.40. The van der Waals surface area contributed by atoms with Gasteiger partial charge in [0.25, 0.3) is 0 Å². The van der Waals surface area contributed by atoms with Crippen molar-refractivity contribution in [2.45, 2.75) is 12.1 Å². The van der Waals surface area contributed by atoms with Crippen molar-refractivity contribution >= 4 is 28.3 Å². The first-order chi connectivity index (χ1) is 18.2. The van der Waals surface area contributed by atoms with Crippen LogP contribution in [0.2, 0.25) is 5.15 Å². The lowest BCUT2D eigenvalue weighted by atomic mass is 9.77. The number of ether oxygens (including phenoxy) is 1. The van der Waals surface area contributed by atoms with E-state index in [-0.39, 0.29) is 6.61 Å². The van der Waals surface area contributed by atoms with Gasteiger partial charge in [-0.3, -0.25) is 0 Å². The fourth-order valence-corrected chi connectivity index (χ4v) is 5.64. The van der Waals surface area contributed by atoms with Crippen molar-refractivity contribution in [1.29, 1.82) is 0 Å². The zero-order valence-corrected chi connectivity index (χ0v) is 21.1. The highest BCUT2D eigenvalue weighted by molar-refractivity contribution is 6.30. The van der Waals surface area contributed by atoms with Crippen LogP contribution in [0.25, 0.3) is 10.9 Å². The molecule has 2 aromatic heterocycles. The average molecular weight is 511 g/mol. The van der Waals surface area contributed by atoms with E-state index in [0.717, 1.165) is 33.4 Å². The van der Waals surface area contributed by atoms with Gasteiger partial charge in [-0.15, -0.1) is 0 Å². The molecule has 0 spiro atoms. The number of hydrogen-bond acceptors (Lipinski definition) is 5. The molecule has 0 bridgehead atoms. The van der Waals surface area contributed by atoms with Crippen LogP contribution < -0.4 is 4.90 Å². The van der Waals surface area contributed by atoms with Crippen LogP contribution in [-0.2, 0) is 16.9 Å². The number of aliphatic hydroxyl groups is 1. The van der Waals surface area contributed by atoms with E-state index in [1.54, 1.807) is 0 Å².